The minimum absolute atomic E-state index is 0.221. The standard InChI is InChI=1S/C18H21N3O3/c1-3-19-17(22)13(2)21-18(23)15-9-10-16(20-11-15)24-12-14-7-5-4-6-8-14/h4-11,13H,3,12H2,1-2H3,(H,19,22)(H,21,23)/t13-/m0/s1. The summed E-state index contributed by atoms with van der Waals surface area (Å²) in [5, 5.41) is 5.28. The second kappa shape index (κ2) is 8.67. The number of amides is 2. The molecule has 24 heavy (non-hydrogen) atoms. The summed E-state index contributed by atoms with van der Waals surface area (Å²) in [6.45, 7) is 4.39. The fraction of sp³-hybridized carbons (Fsp3) is 0.278. The van der Waals surface area contributed by atoms with Crippen molar-refractivity contribution in [2.75, 3.05) is 6.54 Å². The van der Waals surface area contributed by atoms with Gasteiger partial charge in [-0.05, 0) is 25.5 Å². The predicted molar refractivity (Wildman–Crippen MR) is 90.6 cm³/mol. The number of rotatable bonds is 7. The quantitative estimate of drug-likeness (QED) is 0.814. The van der Waals surface area contributed by atoms with Crippen molar-refractivity contribution in [2.24, 2.45) is 0 Å². The number of hydrogen-bond donors (Lipinski definition) is 2. The number of carbonyl (C=O) groups excluding carboxylic acids is 2. The lowest BCUT2D eigenvalue weighted by Gasteiger charge is -2.13. The summed E-state index contributed by atoms with van der Waals surface area (Å²) < 4.78 is 5.57. The molecule has 126 valence electrons. The van der Waals surface area contributed by atoms with Crippen LogP contribution in [0.4, 0.5) is 0 Å². The van der Waals surface area contributed by atoms with Gasteiger partial charge in [-0.1, -0.05) is 30.3 Å². The maximum atomic E-state index is 12.1. The highest BCUT2D eigenvalue weighted by Crippen LogP contribution is 2.10. The molecule has 0 spiro atoms. The zero-order valence-electron chi connectivity index (χ0n) is 13.8. The van der Waals surface area contributed by atoms with E-state index in [1.165, 1.54) is 6.20 Å². The first-order chi connectivity index (χ1) is 11.6. The van der Waals surface area contributed by atoms with Gasteiger partial charge in [-0.2, -0.15) is 0 Å². The number of likely N-dealkylation sites (N-methyl/N-ethyl adjacent to an activating group) is 1. The molecule has 0 saturated carbocycles. The lowest BCUT2D eigenvalue weighted by molar-refractivity contribution is -0.122. The van der Waals surface area contributed by atoms with Crippen LogP contribution >= 0.6 is 0 Å². The third-order valence-corrected chi connectivity index (χ3v) is 3.32. The topological polar surface area (TPSA) is 80.3 Å². The summed E-state index contributed by atoms with van der Waals surface area (Å²) in [7, 11) is 0. The van der Waals surface area contributed by atoms with Crippen molar-refractivity contribution in [3.63, 3.8) is 0 Å². The minimum Gasteiger partial charge on any atom is -0.473 e. The van der Waals surface area contributed by atoms with Crippen LogP contribution in [0.15, 0.2) is 48.7 Å². The molecular weight excluding hydrogens is 306 g/mol. The van der Waals surface area contributed by atoms with Gasteiger partial charge in [0.15, 0.2) is 0 Å². The minimum atomic E-state index is -0.605. The number of carbonyl (C=O) groups is 2. The number of benzene rings is 1. The predicted octanol–water partition coefficient (Wildman–Crippen LogP) is 1.91. The highest BCUT2D eigenvalue weighted by atomic mass is 16.5. The Labute approximate surface area is 141 Å². The molecule has 0 fully saturated rings. The van der Waals surface area contributed by atoms with Crippen LogP contribution in [0.3, 0.4) is 0 Å². The molecule has 0 aliphatic heterocycles. The van der Waals surface area contributed by atoms with E-state index in [1.54, 1.807) is 19.1 Å². The zero-order chi connectivity index (χ0) is 17.4. The van der Waals surface area contributed by atoms with Crippen molar-refractivity contribution in [2.45, 2.75) is 26.5 Å². The largest absolute Gasteiger partial charge is 0.473 e. The van der Waals surface area contributed by atoms with Crippen molar-refractivity contribution < 1.29 is 14.3 Å². The monoisotopic (exact) mass is 327 g/mol. The molecule has 0 bridgehead atoms. The van der Waals surface area contributed by atoms with Gasteiger partial charge in [0.05, 0.1) is 5.56 Å². The third kappa shape index (κ3) is 5.08. The van der Waals surface area contributed by atoms with E-state index in [2.05, 4.69) is 15.6 Å². The maximum absolute atomic E-state index is 12.1. The number of aromatic nitrogens is 1. The molecule has 6 nitrogen and oxygen atoms in total. The van der Waals surface area contributed by atoms with Gasteiger partial charge in [0.1, 0.15) is 12.6 Å². The lowest BCUT2D eigenvalue weighted by atomic mass is 10.2. The fourth-order valence-corrected chi connectivity index (χ4v) is 2.00. The second-order valence-corrected chi connectivity index (χ2v) is 5.25. The molecule has 2 aromatic rings. The summed E-state index contributed by atoms with van der Waals surface area (Å²) in [5.41, 5.74) is 1.41. The number of pyridine rings is 1. The van der Waals surface area contributed by atoms with Crippen LogP contribution in [0, 0.1) is 0 Å². The molecule has 2 rings (SSSR count). The molecule has 0 aliphatic carbocycles. The van der Waals surface area contributed by atoms with Gasteiger partial charge < -0.3 is 15.4 Å². The van der Waals surface area contributed by atoms with E-state index in [9.17, 15) is 9.59 Å². The molecule has 0 unspecified atom stereocenters. The van der Waals surface area contributed by atoms with Gasteiger partial charge in [0.25, 0.3) is 5.91 Å². The summed E-state index contributed by atoms with van der Waals surface area (Å²) in [6.07, 6.45) is 1.43. The van der Waals surface area contributed by atoms with E-state index in [0.717, 1.165) is 5.56 Å². The van der Waals surface area contributed by atoms with Crippen LogP contribution in [0.2, 0.25) is 0 Å². The van der Waals surface area contributed by atoms with Crippen LogP contribution in [0.25, 0.3) is 0 Å². The molecule has 0 saturated heterocycles. The first kappa shape index (κ1) is 17.5. The lowest BCUT2D eigenvalue weighted by Crippen LogP contribution is -2.44. The van der Waals surface area contributed by atoms with Gasteiger partial charge in [0.2, 0.25) is 11.8 Å². The first-order valence-electron chi connectivity index (χ1n) is 7.81. The van der Waals surface area contributed by atoms with E-state index < -0.39 is 6.04 Å². The number of nitrogens with one attached hydrogen (secondary N) is 2. The van der Waals surface area contributed by atoms with Crippen LogP contribution in [-0.4, -0.2) is 29.4 Å². The molecule has 2 amide bonds. The van der Waals surface area contributed by atoms with Gasteiger partial charge in [-0.3, -0.25) is 9.59 Å². The molecule has 1 aromatic carbocycles. The third-order valence-electron chi connectivity index (χ3n) is 3.32. The van der Waals surface area contributed by atoms with E-state index >= 15 is 0 Å². The highest BCUT2D eigenvalue weighted by molar-refractivity contribution is 5.97. The van der Waals surface area contributed by atoms with E-state index in [1.807, 2.05) is 37.3 Å². The Hall–Kier alpha value is -2.89. The van der Waals surface area contributed by atoms with Crippen molar-refractivity contribution in [1.29, 1.82) is 0 Å². The molecule has 0 aliphatic rings. The van der Waals surface area contributed by atoms with Crippen molar-refractivity contribution >= 4 is 11.8 Å². The Balaban J connectivity index is 1.89. The Morgan fingerprint density at radius 1 is 1.17 bits per heavy atom. The molecule has 1 atom stereocenters. The number of ether oxygens (including phenoxy) is 1. The summed E-state index contributed by atoms with van der Waals surface area (Å²) in [6, 6.07) is 12.4. The van der Waals surface area contributed by atoms with Crippen LogP contribution < -0.4 is 15.4 Å². The highest BCUT2D eigenvalue weighted by Gasteiger charge is 2.16. The van der Waals surface area contributed by atoms with Crippen molar-refractivity contribution in [1.82, 2.24) is 15.6 Å². The average molecular weight is 327 g/mol. The van der Waals surface area contributed by atoms with Gasteiger partial charge >= 0.3 is 0 Å². The Morgan fingerprint density at radius 2 is 1.92 bits per heavy atom. The zero-order valence-corrected chi connectivity index (χ0v) is 13.8. The number of nitrogens with zero attached hydrogens (tertiary/aromatic N) is 1. The van der Waals surface area contributed by atoms with Gasteiger partial charge in [-0.25, -0.2) is 4.98 Å². The maximum Gasteiger partial charge on any atom is 0.253 e. The second-order valence-electron chi connectivity index (χ2n) is 5.25. The average Bonchev–Trinajstić information content (AvgIpc) is 2.61. The summed E-state index contributed by atoms with van der Waals surface area (Å²) >= 11 is 0. The van der Waals surface area contributed by atoms with E-state index in [0.29, 0.717) is 24.6 Å². The molecule has 6 heteroatoms. The summed E-state index contributed by atoms with van der Waals surface area (Å²) in [5.74, 6) is -0.135. The van der Waals surface area contributed by atoms with Crippen LogP contribution in [-0.2, 0) is 11.4 Å². The van der Waals surface area contributed by atoms with Gasteiger partial charge in [-0.15, -0.1) is 0 Å². The fourth-order valence-electron chi connectivity index (χ4n) is 2.00. The number of hydrogen-bond acceptors (Lipinski definition) is 4. The SMILES string of the molecule is CCNC(=O)[C@H](C)NC(=O)c1ccc(OCc2ccccc2)nc1. The smallest absolute Gasteiger partial charge is 0.253 e. The Bertz CT molecular complexity index is 672. The summed E-state index contributed by atoms with van der Waals surface area (Å²) in [4.78, 5) is 27.8. The van der Waals surface area contributed by atoms with E-state index in [-0.39, 0.29) is 11.8 Å². The Kier molecular flexibility index (Phi) is 6.31. The molecular formula is C18H21N3O3. The van der Waals surface area contributed by atoms with Crippen molar-refractivity contribution in [3.8, 4) is 5.88 Å². The molecule has 2 N–H and O–H groups in total. The van der Waals surface area contributed by atoms with Crippen LogP contribution in [0.5, 0.6) is 5.88 Å². The molecule has 1 aromatic heterocycles. The molecule has 0 radical (unpaired) electrons. The van der Waals surface area contributed by atoms with Crippen LogP contribution in [0.1, 0.15) is 29.8 Å². The molecule has 1 heterocycles. The normalized spacial score (nSPS) is 11.4. The van der Waals surface area contributed by atoms with Crippen molar-refractivity contribution in [3.05, 3.63) is 59.8 Å². The van der Waals surface area contributed by atoms with Gasteiger partial charge in [0, 0.05) is 18.8 Å². The first-order valence-corrected chi connectivity index (χ1v) is 7.81. The van der Waals surface area contributed by atoms with E-state index in [4.69, 9.17) is 4.74 Å². The Morgan fingerprint density at radius 3 is 2.54 bits per heavy atom.